The smallest absolute Gasteiger partial charge is 0.127 e. The maximum atomic E-state index is 6.26. The second-order valence-electron chi connectivity index (χ2n) is 4.90. The average molecular weight is 255 g/mol. The van der Waals surface area contributed by atoms with Crippen molar-refractivity contribution >= 4 is 0 Å². The van der Waals surface area contributed by atoms with Crippen LogP contribution in [0.2, 0.25) is 0 Å². The molecule has 0 heterocycles. The third kappa shape index (κ3) is 3.58. The highest BCUT2D eigenvalue weighted by atomic mass is 16.5. The molecule has 0 amide bonds. The Hall–Kier alpha value is -1.80. The summed E-state index contributed by atoms with van der Waals surface area (Å²) in [4.78, 5) is 0. The second-order valence-corrected chi connectivity index (χ2v) is 4.90. The first-order valence-corrected chi connectivity index (χ1v) is 6.79. The quantitative estimate of drug-likeness (QED) is 0.852. The molecule has 0 spiro atoms. The van der Waals surface area contributed by atoms with E-state index < -0.39 is 0 Å². The van der Waals surface area contributed by atoms with Crippen LogP contribution in [0.15, 0.2) is 54.6 Å². The Balaban J connectivity index is 2.15. The fraction of sp³-hybridized carbons (Fsp3) is 0.294. The number of rotatable bonds is 5. The van der Waals surface area contributed by atoms with Crippen LogP contribution in [0, 0.1) is 5.92 Å². The zero-order valence-corrected chi connectivity index (χ0v) is 11.5. The first-order valence-electron chi connectivity index (χ1n) is 6.79. The molecule has 0 saturated carbocycles. The van der Waals surface area contributed by atoms with Gasteiger partial charge in [-0.2, -0.15) is 0 Å². The number of nitrogens with two attached hydrogens (primary N) is 1. The summed E-state index contributed by atoms with van der Waals surface area (Å²) in [7, 11) is 0. The van der Waals surface area contributed by atoms with Gasteiger partial charge in [-0.15, -0.1) is 0 Å². The predicted octanol–water partition coefficient (Wildman–Crippen LogP) is 4.52. The molecule has 0 aromatic heterocycles. The largest absolute Gasteiger partial charge is 0.457 e. The van der Waals surface area contributed by atoms with Gasteiger partial charge in [0.2, 0.25) is 0 Å². The summed E-state index contributed by atoms with van der Waals surface area (Å²) in [5.41, 5.74) is 7.38. The van der Waals surface area contributed by atoms with Crippen molar-refractivity contribution in [3.05, 3.63) is 60.2 Å². The van der Waals surface area contributed by atoms with Crippen LogP contribution in [0.5, 0.6) is 11.5 Å². The van der Waals surface area contributed by atoms with Gasteiger partial charge in [0, 0.05) is 6.04 Å². The van der Waals surface area contributed by atoms with Crippen LogP contribution < -0.4 is 10.5 Å². The van der Waals surface area contributed by atoms with Crippen molar-refractivity contribution < 1.29 is 4.74 Å². The van der Waals surface area contributed by atoms with E-state index in [0.29, 0.717) is 5.92 Å². The molecule has 0 aliphatic heterocycles. The first kappa shape index (κ1) is 13.6. The molecule has 2 atom stereocenters. The lowest BCUT2D eigenvalue weighted by Gasteiger charge is -2.19. The molecule has 0 aliphatic rings. The summed E-state index contributed by atoms with van der Waals surface area (Å²) in [6.07, 6.45) is 1.07. The van der Waals surface area contributed by atoms with E-state index in [2.05, 4.69) is 19.9 Å². The third-order valence-electron chi connectivity index (χ3n) is 3.48. The zero-order chi connectivity index (χ0) is 13.7. The van der Waals surface area contributed by atoms with Crippen LogP contribution >= 0.6 is 0 Å². The summed E-state index contributed by atoms with van der Waals surface area (Å²) in [5, 5.41) is 0. The highest BCUT2D eigenvalue weighted by Crippen LogP contribution is 2.27. The zero-order valence-electron chi connectivity index (χ0n) is 11.5. The fourth-order valence-corrected chi connectivity index (χ4v) is 1.99. The molecule has 2 rings (SSSR count). The number of para-hydroxylation sites is 1. The molecule has 19 heavy (non-hydrogen) atoms. The van der Waals surface area contributed by atoms with Crippen molar-refractivity contribution in [3.8, 4) is 11.5 Å². The predicted molar refractivity (Wildman–Crippen MR) is 79.3 cm³/mol. The monoisotopic (exact) mass is 255 g/mol. The molecule has 2 heteroatoms. The summed E-state index contributed by atoms with van der Waals surface area (Å²) in [6.45, 7) is 4.34. The Morgan fingerprint density at radius 3 is 2.37 bits per heavy atom. The number of ether oxygens (including phenoxy) is 1. The second kappa shape index (κ2) is 6.39. The standard InChI is InChI=1S/C17H21NO/c1-3-13(2)17(18)14-8-7-11-16(12-14)19-15-9-5-4-6-10-15/h4-13,17H,3,18H2,1-2H3/t13?,17-/m1/s1. The van der Waals surface area contributed by atoms with Gasteiger partial charge in [-0.25, -0.2) is 0 Å². The lowest BCUT2D eigenvalue weighted by molar-refractivity contribution is 0.450. The molecule has 0 saturated heterocycles. The van der Waals surface area contributed by atoms with Crippen LogP contribution in [0.1, 0.15) is 31.9 Å². The normalized spacial score (nSPS) is 13.8. The summed E-state index contributed by atoms with van der Waals surface area (Å²) < 4.78 is 5.83. The van der Waals surface area contributed by atoms with Gasteiger partial charge in [0.05, 0.1) is 0 Å². The van der Waals surface area contributed by atoms with Crippen LogP contribution in [-0.2, 0) is 0 Å². The molecule has 2 aromatic carbocycles. The Morgan fingerprint density at radius 2 is 1.68 bits per heavy atom. The Bertz CT molecular complexity index is 510. The van der Waals surface area contributed by atoms with Crippen molar-refractivity contribution in [3.63, 3.8) is 0 Å². The van der Waals surface area contributed by atoms with Crippen molar-refractivity contribution in [1.82, 2.24) is 0 Å². The number of hydrogen-bond acceptors (Lipinski definition) is 2. The van der Waals surface area contributed by atoms with Gasteiger partial charge in [-0.3, -0.25) is 0 Å². The number of hydrogen-bond donors (Lipinski definition) is 1. The number of benzene rings is 2. The molecule has 0 fully saturated rings. The van der Waals surface area contributed by atoms with Crippen molar-refractivity contribution in [1.29, 1.82) is 0 Å². The van der Waals surface area contributed by atoms with Crippen molar-refractivity contribution in [2.24, 2.45) is 11.7 Å². The van der Waals surface area contributed by atoms with Crippen LogP contribution in [0.4, 0.5) is 0 Å². The molecular weight excluding hydrogens is 234 g/mol. The van der Waals surface area contributed by atoms with Gasteiger partial charge in [0.25, 0.3) is 0 Å². The van der Waals surface area contributed by atoms with Gasteiger partial charge in [0.1, 0.15) is 11.5 Å². The van der Waals surface area contributed by atoms with Crippen LogP contribution in [0.3, 0.4) is 0 Å². The van der Waals surface area contributed by atoms with Gasteiger partial charge < -0.3 is 10.5 Å². The lowest BCUT2D eigenvalue weighted by Crippen LogP contribution is -2.18. The van der Waals surface area contributed by atoms with Crippen LogP contribution in [0.25, 0.3) is 0 Å². The molecule has 2 N–H and O–H groups in total. The summed E-state index contributed by atoms with van der Waals surface area (Å²) in [5.74, 6) is 2.14. The van der Waals surface area contributed by atoms with Gasteiger partial charge in [-0.05, 0) is 35.7 Å². The van der Waals surface area contributed by atoms with E-state index in [9.17, 15) is 0 Å². The Labute approximate surface area is 115 Å². The molecule has 2 nitrogen and oxygen atoms in total. The molecule has 2 aromatic rings. The van der Waals surface area contributed by atoms with E-state index in [0.717, 1.165) is 23.5 Å². The van der Waals surface area contributed by atoms with Crippen molar-refractivity contribution in [2.75, 3.05) is 0 Å². The van der Waals surface area contributed by atoms with Crippen molar-refractivity contribution in [2.45, 2.75) is 26.3 Å². The minimum absolute atomic E-state index is 0.0596. The molecule has 0 aliphatic carbocycles. The lowest BCUT2D eigenvalue weighted by atomic mass is 9.93. The molecule has 0 radical (unpaired) electrons. The summed E-state index contributed by atoms with van der Waals surface area (Å²) in [6, 6.07) is 17.9. The minimum Gasteiger partial charge on any atom is -0.457 e. The molecule has 0 bridgehead atoms. The Kier molecular flexibility index (Phi) is 4.58. The average Bonchev–Trinajstić information content (AvgIpc) is 2.47. The van der Waals surface area contributed by atoms with E-state index in [1.807, 2.05) is 48.5 Å². The van der Waals surface area contributed by atoms with Gasteiger partial charge >= 0.3 is 0 Å². The SMILES string of the molecule is CCC(C)[C@@H](N)c1cccc(Oc2ccccc2)c1. The highest BCUT2D eigenvalue weighted by molar-refractivity contribution is 5.35. The molecule has 1 unspecified atom stereocenters. The maximum absolute atomic E-state index is 6.26. The summed E-state index contributed by atoms with van der Waals surface area (Å²) >= 11 is 0. The van der Waals surface area contributed by atoms with E-state index in [4.69, 9.17) is 10.5 Å². The van der Waals surface area contributed by atoms with E-state index in [1.54, 1.807) is 0 Å². The first-order chi connectivity index (χ1) is 9.20. The van der Waals surface area contributed by atoms with Gasteiger partial charge in [0.15, 0.2) is 0 Å². The van der Waals surface area contributed by atoms with Crippen LogP contribution in [-0.4, -0.2) is 0 Å². The van der Waals surface area contributed by atoms with Gasteiger partial charge in [-0.1, -0.05) is 50.6 Å². The maximum Gasteiger partial charge on any atom is 0.127 e. The third-order valence-corrected chi connectivity index (χ3v) is 3.48. The van der Waals surface area contributed by atoms with E-state index in [-0.39, 0.29) is 6.04 Å². The van der Waals surface area contributed by atoms with E-state index >= 15 is 0 Å². The highest BCUT2D eigenvalue weighted by Gasteiger charge is 2.13. The molecular formula is C17H21NO. The molecule has 100 valence electrons. The topological polar surface area (TPSA) is 35.2 Å². The van der Waals surface area contributed by atoms with E-state index in [1.165, 1.54) is 0 Å². The minimum atomic E-state index is 0.0596. The fourth-order valence-electron chi connectivity index (χ4n) is 1.99. The Morgan fingerprint density at radius 1 is 1.00 bits per heavy atom.